The summed E-state index contributed by atoms with van der Waals surface area (Å²) in [6.45, 7) is 6.52. The topological polar surface area (TPSA) is 158 Å². The molecule has 0 rings (SSSR count). The highest BCUT2D eigenvalue weighted by molar-refractivity contribution is 5.97. The van der Waals surface area contributed by atoms with E-state index in [4.69, 9.17) is 9.47 Å². The number of esters is 6. The third kappa shape index (κ3) is 9.97. The van der Waals surface area contributed by atoms with E-state index in [0.29, 0.717) is 0 Å². The number of hydrogen-bond donors (Lipinski definition) is 0. The lowest BCUT2D eigenvalue weighted by molar-refractivity contribution is -0.153. The summed E-state index contributed by atoms with van der Waals surface area (Å²) in [4.78, 5) is 70.7. The minimum atomic E-state index is -1.28. The summed E-state index contributed by atoms with van der Waals surface area (Å²) < 4.78 is 28.0. The van der Waals surface area contributed by atoms with Crippen LogP contribution in [0.2, 0.25) is 0 Å². The minimum absolute atomic E-state index is 0.0534. The molecule has 0 saturated heterocycles. The highest BCUT2D eigenvalue weighted by atomic mass is 16.6. The van der Waals surface area contributed by atoms with Crippen LogP contribution in [0.15, 0.2) is 24.3 Å². The largest absolute Gasteiger partial charge is 0.469 e. The van der Waals surface area contributed by atoms with Crippen molar-refractivity contribution in [3.63, 3.8) is 0 Å². The van der Waals surface area contributed by atoms with Crippen LogP contribution in [-0.2, 0) is 57.2 Å². The van der Waals surface area contributed by atoms with E-state index in [9.17, 15) is 28.8 Å². The molecule has 0 aliphatic rings. The smallest absolute Gasteiger partial charge is 0.334 e. The minimum Gasteiger partial charge on any atom is -0.469 e. The molecule has 2 atom stereocenters. The van der Waals surface area contributed by atoms with Crippen molar-refractivity contribution in [1.29, 1.82) is 0 Å². The van der Waals surface area contributed by atoms with Gasteiger partial charge in [0, 0.05) is 17.6 Å². The molecule has 184 valence electrons. The molecule has 12 heteroatoms. The number of rotatable bonds is 14. The van der Waals surface area contributed by atoms with Crippen LogP contribution in [-0.4, -0.2) is 77.5 Å². The van der Waals surface area contributed by atoms with Crippen LogP contribution in [0, 0.1) is 11.8 Å². The molecule has 0 aromatic carbocycles. The van der Waals surface area contributed by atoms with Gasteiger partial charge in [-0.1, -0.05) is 13.2 Å². The molecule has 0 saturated carbocycles. The number of carbonyl (C=O) groups excluding carboxylic acids is 6. The first-order chi connectivity index (χ1) is 15.5. The molecular weight excluding hydrogens is 444 g/mol. The molecule has 0 fully saturated rings. The first-order valence-electron chi connectivity index (χ1n) is 9.55. The zero-order chi connectivity index (χ0) is 25.6. The van der Waals surface area contributed by atoms with Gasteiger partial charge in [0.2, 0.25) is 0 Å². The lowest BCUT2D eigenvalue weighted by Gasteiger charge is -2.16. The summed E-state index contributed by atoms with van der Waals surface area (Å²) in [5.41, 5.74) is -0.609. The number of methoxy groups -OCH3 is 4. The summed E-state index contributed by atoms with van der Waals surface area (Å²) >= 11 is 0. The fourth-order valence-electron chi connectivity index (χ4n) is 2.34. The Kier molecular flexibility index (Phi) is 13.5. The summed E-state index contributed by atoms with van der Waals surface area (Å²) in [7, 11) is 4.42. The van der Waals surface area contributed by atoms with E-state index in [1.165, 1.54) is 0 Å². The van der Waals surface area contributed by atoms with Crippen LogP contribution >= 0.6 is 0 Å². The van der Waals surface area contributed by atoms with Gasteiger partial charge >= 0.3 is 35.8 Å². The quantitative estimate of drug-likeness (QED) is 0.147. The molecule has 0 aliphatic carbocycles. The predicted molar refractivity (Wildman–Crippen MR) is 109 cm³/mol. The average molecular weight is 472 g/mol. The second kappa shape index (κ2) is 15.2. The van der Waals surface area contributed by atoms with Crippen LogP contribution in [0.25, 0.3) is 0 Å². The Labute approximate surface area is 190 Å². The highest BCUT2D eigenvalue weighted by Gasteiger charge is 2.32. The van der Waals surface area contributed by atoms with Gasteiger partial charge in [0.25, 0.3) is 0 Å². The normalized spacial score (nSPS) is 11.8. The molecule has 0 spiro atoms. The van der Waals surface area contributed by atoms with Crippen LogP contribution in [0.1, 0.15) is 19.3 Å². The van der Waals surface area contributed by atoms with Crippen molar-refractivity contribution >= 4 is 35.8 Å². The molecule has 0 aromatic rings. The molecule has 0 bridgehead atoms. The van der Waals surface area contributed by atoms with Gasteiger partial charge in [0.1, 0.15) is 0 Å². The zero-order valence-corrected chi connectivity index (χ0v) is 19.0. The van der Waals surface area contributed by atoms with Gasteiger partial charge in [-0.2, -0.15) is 0 Å². The van der Waals surface area contributed by atoms with E-state index in [0.717, 1.165) is 28.4 Å². The maximum atomic E-state index is 12.1. The van der Waals surface area contributed by atoms with Gasteiger partial charge in [-0.05, 0) is 0 Å². The molecule has 0 radical (unpaired) electrons. The third-order valence-corrected chi connectivity index (χ3v) is 4.29. The molecule has 0 N–H and O–H groups in total. The van der Waals surface area contributed by atoms with E-state index in [1.54, 1.807) is 0 Å². The van der Waals surface area contributed by atoms with Gasteiger partial charge < -0.3 is 28.4 Å². The third-order valence-electron chi connectivity index (χ3n) is 4.29. The Balaban J connectivity index is 4.68. The fraction of sp³-hybridized carbons (Fsp3) is 0.524. The standard InChI is InChI=1S/C21H28O12/c1-12(14(20(26)30-5)10-16(22)28-3)18(24)32-8-7-9-33-19(25)13(2)15(21(27)31-6)11-17(23)29-4/h14-15H,1-2,7-11H2,3-6H3. The van der Waals surface area contributed by atoms with E-state index in [2.05, 4.69) is 32.1 Å². The van der Waals surface area contributed by atoms with Crippen molar-refractivity contribution in [2.24, 2.45) is 11.8 Å². The van der Waals surface area contributed by atoms with Crippen LogP contribution in [0.5, 0.6) is 0 Å². The van der Waals surface area contributed by atoms with Crippen LogP contribution < -0.4 is 0 Å². The van der Waals surface area contributed by atoms with Gasteiger partial charge in [-0.15, -0.1) is 0 Å². The van der Waals surface area contributed by atoms with Crippen LogP contribution in [0.3, 0.4) is 0 Å². The molecule has 0 aliphatic heterocycles. The summed E-state index contributed by atoms with van der Waals surface area (Å²) in [5.74, 6) is -7.67. The summed E-state index contributed by atoms with van der Waals surface area (Å²) in [6.07, 6.45) is -0.856. The monoisotopic (exact) mass is 472 g/mol. The summed E-state index contributed by atoms with van der Waals surface area (Å²) in [5, 5.41) is 0. The Morgan fingerprint density at radius 1 is 0.606 bits per heavy atom. The Morgan fingerprint density at radius 3 is 1.21 bits per heavy atom. The molecular formula is C21H28O12. The van der Waals surface area contributed by atoms with Gasteiger partial charge in [-0.3, -0.25) is 19.2 Å². The molecule has 0 amide bonds. The van der Waals surface area contributed by atoms with Crippen molar-refractivity contribution in [2.45, 2.75) is 19.3 Å². The van der Waals surface area contributed by atoms with E-state index < -0.39 is 60.5 Å². The van der Waals surface area contributed by atoms with E-state index >= 15 is 0 Å². The lowest BCUT2D eigenvalue weighted by atomic mass is 9.97. The maximum Gasteiger partial charge on any atom is 0.334 e. The van der Waals surface area contributed by atoms with E-state index in [1.807, 2.05) is 0 Å². The van der Waals surface area contributed by atoms with E-state index in [-0.39, 0.29) is 30.8 Å². The number of hydrogen-bond acceptors (Lipinski definition) is 12. The number of ether oxygens (including phenoxy) is 6. The summed E-state index contributed by atoms with van der Waals surface area (Å²) in [6, 6.07) is 0. The fourth-order valence-corrected chi connectivity index (χ4v) is 2.34. The Morgan fingerprint density at radius 2 is 0.939 bits per heavy atom. The lowest BCUT2D eigenvalue weighted by Crippen LogP contribution is -2.27. The Bertz CT molecular complexity index is 718. The second-order valence-electron chi connectivity index (χ2n) is 6.39. The van der Waals surface area contributed by atoms with Gasteiger partial charge in [-0.25, -0.2) is 9.59 Å². The van der Waals surface area contributed by atoms with Crippen molar-refractivity contribution in [1.82, 2.24) is 0 Å². The van der Waals surface area contributed by atoms with Crippen molar-refractivity contribution in [2.75, 3.05) is 41.7 Å². The maximum absolute atomic E-state index is 12.1. The SMILES string of the molecule is C=C(C(=O)OCCCOC(=O)C(=C)C(CC(=O)OC)C(=O)OC)C(CC(=O)OC)C(=O)OC. The molecule has 2 unspecified atom stereocenters. The average Bonchev–Trinajstić information content (AvgIpc) is 2.82. The molecule has 0 heterocycles. The highest BCUT2D eigenvalue weighted by Crippen LogP contribution is 2.19. The first kappa shape index (κ1) is 29.3. The first-order valence-corrected chi connectivity index (χ1v) is 9.55. The molecule has 12 nitrogen and oxygen atoms in total. The number of carbonyl (C=O) groups is 6. The van der Waals surface area contributed by atoms with Gasteiger partial charge in [0.05, 0.1) is 66.3 Å². The van der Waals surface area contributed by atoms with Crippen molar-refractivity contribution < 1.29 is 57.2 Å². The predicted octanol–water partition coefficient (Wildman–Crippen LogP) is 0.280. The molecule has 33 heavy (non-hydrogen) atoms. The zero-order valence-electron chi connectivity index (χ0n) is 19.0. The van der Waals surface area contributed by atoms with Crippen LogP contribution in [0.4, 0.5) is 0 Å². The second-order valence-corrected chi connectivity index (χ2v) is 6.39. The Hall–Kier alpha value is -3.70. The van der Waals surface area contributed by atoms with Crippen molar-refractivity contribution in [3.8, 4) is 0 Å². The van der Waals surface area contributed by atoms with Crippen molar-refractivity contribution in [3.05, 3.63) is 24.3 Å². The van der Waals surface area contributed by atoms with Gasteiger partial charge in [0.15, 0.2) is 0 Å². The molecule has 0 aromatic heterocycles.